The number of hydrogen-bond acceptors (Lipinski definition) is 3. The molecule has 1 amide bonds. The summed E-state index contributed by atoms with van der Waals surface area (Å²) in [7, 11) is 1.51. The molecule has 0 heterocycles. The van der Waals surface area contributed by atoms with Crippen molar-refractivity contribution in [3.8, 4) is 5.75 Å². The predicted octanol–water partition coefficient (Wildman–Crippen LogP) is 2.36. The van der Waals surface area contributed by atoms with Gasteiger partial charge in [-0.05, 0) is 44.9 Å². The molecule has 104 valence electrons. The molecule has 0 aromatic heterocycles. The summed E-state index contributed by atoms with van der Waals surface area (Å²) in [6.45, 7) is 6.48. The van der Waals surface area contributed by atoms with E-state index < -0.39 is 17.3 Å². The molecule has 0 aliphatic heterocycles. The van der Waals surface area contributed by atoms with Gasteiger partial charge in [0.25, 0.3) is 0 Å². The van der Waals surface area contributed by atoms with Crippen LogP contribution in [0.3, 0.4) is 0 Å². The average Bonchev–Trinajstić information content (AvgIpc) is 2.27. The maximum atomic E-state index is 12.0. The van der Waals surface area contributed by atoms with Crippen molar-refractivity contribution in [3.05, 3.63) is 23.3 Å². The van der Waals surface area contributed by atoms with Crippen LogP contribution in [0, 0.1) is 19.3 Å². The smallest absolute Gasteiger partial charge is 0.318 e. The number of carboxylic acid groups (broad SMARTS) is 1. The van der Waals surface area contributed by atoms with E-state index in [-0.39, 0.29) is 0 Å². The topological polar surface area (TPSA) is 75.6 Å². The Morgan fingerprint density at radius 1 is 1.26 bits per heavy atom. The Morgan fingerprint density at radius 3 is 2.32 bits per heavy atom. The highest BCUT2D eigenvalue weighted by Gasteiger charge is 2.36. The number of hydrogen-bond donors (Lipinski definition) is 2. The van der Waals surface area contributed by atoms with Crippen LogP contribution in [0.5, 0.6) is 5.75 Å². The van der Waals surface area contributed by atoms with Crippen molar-refractivity contribution in [1.29, 1.82) is 0 Å². The zero-order valence-corrected chi connectivity index (χ0v) is 11.8. The number of ether oxygens (including phenoxy) is 1. The standard InChI is InChI=1S/C14H19NO4/c1-8-6-9(2)11(19-5)10(7-8)15-12(16)14(3,4)13(17)18/h6-7H,1-5H3,(H,15,16)(H,17,18). The van der Waals surface area contributed by atoms with Crippen molar-refractivity contribution >= 4 is 17.6 Å². The molecule has 0 aliphatic carbocycles. The van der Waals surface area contributed by atoms with E-state index in [0.29, 0.717) is 11.4 Å². The van der Waals surface area contributed by atoms with Gasteiger partial charge in [0.05, 0.1) is 12.8 Å². The summed E-state index contributed by atoms with van der Waals surface area (Å²) in [6, 6.07) is 3.68. The number of amides is 1. The van der Waals surface area contributed by atoms with Crippen molar-refractivity contribution < 1.29 is 19.4 Å². The van der Waals surface area contributed by atoms with Gasteiger partial charge < -0.3 is 15.2 Å². The first-order valence-corrected chi connectivity index (χ1v) is 5.90. The molecule has 2 N–H and O–H groups in total. The zero-order valence-electron chi connectivity index (χ0n) is 11.8. The van der Waals surface area contributed by atoms with Crippen LogP contribution >= 0.6 is 0 Å². The molecule has 19 heavy (non-hydrogen) atoms. The second-order valence-electron chi connectivity index (χ2n) is 5.05. The molecule has 1 aromatic rings. The highest BCUT2D eigenvalue weighted by molar-refractivity contribution is 6.08. The minimum absolute atomic E-state index is 0.485. The molecule has 0 saturated heterocycles. The summed E-state index contributed by atoms with van der Waals surface area (Å²) in [4.78, 5) is 23.1. The lowest BCUT2D eigenvalue weighted by atomic mass is 9.92. The van der Waals surface area contributed by atoms with Crippen LogP contribution < -0.4 is 10.1 Å². The van der Waals surface area contributed by atoms with E-state index in [1.165, 1.54) is 21.0 Å². The van der Waals surface area contributed by atoms with Gasteiger partial charge in [0, 0.05) is 0 Å². The predicted molar refractivity (Wildman–Crippen MR) is 72.5 cm³/mol. The number of nitrogens with one attached hydrogen (secondary N) is 1. The number of carbonyl (C=O) groups excluding carboxylic acids is 1. The number of carboxylic acids is 1. The van der Waals surface area contributed by atoms with Gasteiger partial charge in [0.2, 0.25) is 5.91 Å². The summed E-state index contributed by atoms with van der Waals surface area (Å²) >= 11 is 0. The van der Waals surface area contributed by atoms with Gasteiger partial charge in [-0.25, -0.2) is 0 Å². The van der Waals surface area contributed by atoms with Gasteiger partial charge in [-0.1, -0.05) is 6.07 Å². The summed E-state index contributed by atoms with van der Waals surface area (Å²) in [6.07, 6.45) is 0. The van der Waals surface area contributed by atoms with E-state index in [4.69, 9.17) is 9.84 Å². The van der Waals surface area contributed by atoms with Gasteiger partial charge in [-0.3, -0.25) is 9.59 Å². The molecule has 0 aliphatic rings. The van der Waals surface area contributed by atoms with Crippen LogP contribution in [-0.4, -0.2) is 24.1 Å². The first kappa shape index (κ1) is 15.0. The second kappa shape index (κ2) is 5.30. The van der Waals surface area contributed by atoms with Crippen LogP contribution in [0.1, 0.15) is 25.0 Å². The fourth-order valence-electron chi connectivity index (χ4n) is 1.69. The quantitative estimate of drug-likeness (QED) is 0.819. The Hall–Kier alpha value is -2.04. The fraction of sp³-hybridized carbons (Fsp3) is 0.429. The molecule has 5 heteroatoms. The lowest BCUT2D eigenvalue weighted by Crippen LogP contribution is -2.37. The second-order valence-corrected chi connectivity index (χ2v) is 5.05. The lowest BCUT2D eigenvalue weighted by molar-refractivity contribution is -0.151. The van der Waals surface area contributed by atoms with Crippen molar-refractivity contribution in [2.75, 3.05) is 12.4 Å². The monoisotopic (exact) mass is 265 g/mol. The number of rotatable bonds is 4. The van der Waals surface area contributed by atoms with Gasteiger partial charge in [0.1, 0.15) is 11.2 Å². The van der Waals surface area contributed by atoms with E-state index >= 15 is 0 Å². The molecule has 1 rings (SSSR count). The maximum absolute atomic E-state index is 12.0. The molecule has 0 saturated carbocycles. The van der Waals surface area contributed by atoms with Crippen molar-refractivity contribution in [2.24, 2.45) is 5.41 Å². The van der Waals surface area contributed by atoms with Gasteiger partial charge in [0.15, 0.2) is 0 Å². The third-order valence-electron chi connectivity index (χ3n) is 2.97. The molecule has 0 atom stereocenters. The molecular weight excluding hydrogens is 246 g/mol. The minimum atomic E-state index is -1.50. The molecular formula is C14H19NO4. The third-order valence-corrected chi connectivity index (χ3v) is 2.97. The Kier molecular flexibility index (Phi) is 4.19. The molecule has 0 bridgehead atoms. The summed E-state index contributed by atoms with van der Waals surface area (Å²) in [5, 5.41) is 11.7. The Bertz CT molecular complexity index is 520. The number of methoxy groups -OCH3 is 1. The van der Waals surface area contributed by atoms with Crippen LogP contribution in [0.4, 0.5) is 5.69 Å². The number of anilines is 1. The molecule has 0 radical (unpaired) electrons. The molecule has 0 unspecified atom stereocenters. The van der Waals surface area contributed by atoms with Gasteiger partial charge >= 0.3 is 5.97 Å². The minimum Gasteiger partial charge on any atom is -0.494 e. The number of aliphatic carboxylic acids is 1. The summed E-state index contributed by atoms with van der Waals surface area (Å²) in [5.41, 5.74) is 0.829. The van der Waals surface area contributed by atoms with Gasteiger partial charge in [-0.2, -0.15) is 0 Å². The first-order valence-electron chi connectivity index (χ1n) is 5.90. The number of carbonyl (C=O) groups is 2. The van der Waals surface area contributed by atoms with Crippen LogP contribution in [0.15, 0.2) is 12.1 Å². The summed E-state index contributed by atoms with van der Waals surface area (Å²) < 4.78 is 5.24. The van der Waals surface area contributed by atoms with Gasteiger partial charge in [-0.15, -0.1) is 0 Å². The fourth-order valence-corrected chi connectivity index (χ4v) is 1.69. The zero-order chi connectivity index (χ0) is 14.8. The Balaban J connectivity index is 3.13. The number of benzene rings is 1. The van der Waals surface area contributed by atoms with Crippen LogP contribution in [-0.2, 0) is 9.59 Å². The third kappa shape index (κ3) is 3.05. The molecule has 0 spiro atoms. The van der Waals surface area contributed by atoms with E-state index in [0.717, 1.165) is 11.1 Å². The van der Waals surface area contributed by atoms with Crippen LogP contribution in [0.25, 0.3) is 0 Å². The van der Waals surface area contributed by atoms with E-state index in [1.807, 2.05) is 19.9 Å². The van der Waals surface area contributed by atoms with Crippen molar-refractivity contribution in [1.82, 2.24) is 0 Å². The Morgan fingerprint density at radius 2 is 1.84 bits per heavy atom. The summed E-state index contributed by atoms with van der Waals surface area (Å²) in [5.74, 6) is -1.21. The first-order chi connectivity index (χ1) is 8.70. The largest absolute Gasteiger partial charge is 0.494 e. The van der Waals surface area contributed by atoms with Crippen molar-refractivity contribution in [3.63, 3.8) is 0 Å². The highest BCUT2D eigenvalue weighted by atomic mass is 16.5. The SMILES string of the molecule is COc1c(C)cc(C)cc1NC(=O)C(C)(C)C(=O)O. The van der Waals surface area contributed by atoms with Crippen molar-refractivity contribution in [2.45, 2.75) is 27.7 Å². The van der Waals surface area contributed by atoms with E-state index in [1.54, 1.807) is 6.07 Å². The average molecular weight is 265 g/mol. The van der Waals surface area contributed by atoms with E-state index in [2.05, 4.69) is 5.32 Å². The lowest BCUT2D eigenvalue weighted by Gasteiger charge is -2.20. The maximum Gasteiger partial charge on any atom is 0.318 e. The highest BCUT2D eigenvalue weighted by Crippen LogP contribution is 2.31. The molecule has 5 nitrogen and oxygen atoms in total. The number of aryl methyl sites for hydroxylation is 2. The molecule has 1 aromatic carbocycles. The Labute approximate surface area is 112 Å². The normalized spacial score (nSPS) is 11.0. The molecule has 0 fully saturated rings. The van der Waals surface area contributed by atoms with E-state index in [9.17, 15) is 9.59 Å². The van der Waals surface area contributed by atoms with Crippen LogP contribution in [0.2, 0.25) is 0 Å².